The predicted octanol–water partition coefficient (Wildman–Crippen LogP) is 2.30. The number of aromatic nitrogens is 1. The second kappa shape index (κ2) is 8.06. The number of carboxylic acids is 1. The molecule has 0 bridgehead atoms. The molecule has 1 unspecified atom stereocenters. The standard InChI is InChI=1S/C7H14O3.C6H7BrN2O/c1-5(2)4-7(3,10)6(8)9;1-10-6-3-4(8)2-5(7)9-6/h5,10H,4H2,1-3H3,(H,8,9);2-3H,1H3,(H2,8,9). The molecule has 0 saturated carbocycles. The normalized spacial score (nSPS) is 13.2. The summed E-state index contributed by atoms with van der Waals surface area (Å²) in [6.45, 7) is 5.06. The molecule has 1 aromatic rings. The number of hydrogen-bond donors (Lipinski definition) is 3. The number of nitrogen functional groups attached to an aromatic ring is 1. The molecule has 0 aliphatic rings. The second-order valence-corrected chi connectivity index (χ2v) is 5.76. The highest BCUT2D eigenvalue weighted by Crippen LogP contribution is 2.17. The molecule has 0 aromatic carbocycles. The van der Waals surface area contributed by atoms with Crippen molar-refractivity contribution in [2.24, 2.45) is 5.92 Å². The number of aliphatic hydroxyl groups is 1. The lowest BCUT2D eigenvalue weighted by Crippen LogP contribution is -2.36. The lowest BCUT2D eigenvalue weighted by Gasteiger charge is -2.19. The molecule has 0 saturated heterocycles. The zero-order valence-corrected chi connectivity index (χ0v) is 13.6. The summed E-state index contributed by atoms with van der Waals surface area (Å²) in [6.07, 6.45) is 0.294. The molecule has 1 aromatic heterocycles. The van der Waals surface area contributed by atoms with Crippen molar-refractivity contribution in [1.82, 2.24) is 4.98 Å². The summed E-state index contributed by atoms with van der Waals surface area (Å²) in [5.41, 5.74) is 4.56. The SMILES string of the molecule is CC(C)CC(C)(O)C(=O)O.COc1cc(N)cc(Br)n1. The van der Waals surface area contributed by atoms with Gasteiger partial charge in [-0.15, -0.1) is 0 Å². The Morgan fingerprint density at radius 2 is 2.10 bits per heavy atom. The van der Waals surface area contributed by atoms with Crippen molar-refractivity contribution in [2.45, 2.75) is 32.8 Å². The van der Waals surface area contributed by atoms with Gasteiger partial charge in [-0.1, -0.05) is 13.8 Å². The zero-order valence-electron chi connectivity index (χ0n) is 12.1. The molecule has 0 spiro atoms. The van der Waals surface area contributed by atoms with E-state index in [1.807, 2.05) is 13.8 Å². The average Bonchev–Trinajstić information content (AvgIpc) is 2.26. The Hall–Kier alpha value is -1.34. The van der Waals surface area contributed by atoms with Crippen molar-refractivity contribution < 1.29 is 19.7 Å². The van der Waals surface area contributed by atoms with Crippen LogP contribution in [0.5, 0.6) is 5.88 Å². The number of anilines is 1. The average molecular weight is 349 g/mol. The van der Waals surface area contributed by atoms with Gasteiger partial charge in [-0.25, -0.2) is 9.78 Å². The zero-order chi connectivity index (χ0) is 15.9. The van der Waals surface area contributed by atoms with Crippen LogP contribution in [0.2, 0.25) is 0 Å². The van der Waals surface area contributed by atoms with Crippen molar-refractivity contribution in [1.29, 1.82) is 0 Å². The maximum atomic E-state index is 10.3. The predicted molar refractivity (Wildman–Crippen MR) is 80.6 cm³/mol. The maximum Gasteiger partial charge on any atom is 0.335 e. The molecule has 7 heteroatoms. The molecule has 0 radical (unpaired) electrons. The Morgan fingerprint density at radius 3 is 2.40 bits per heavy atom. The molecule has 4 N–H and O–H groups in total. The van der Waals surface area contributed by atoms with Crippen LogP contribution >= 0.6 is 15.9 Å². The van der Waals surface area contributed by atoms with Gasteiger partial charge in [0.05, 0.1) is 7.11 Å². The van der Waals surface area contributed by atoms with Crippen LogP contribution in [0.1, 0.15) is 27.2 Å². The minimum Gasteiger partial charge on any atom is -0.481 e. The van der Waals surface area contributed by atoms with E-state index in [2.05, 4.69) is 20.9 Å². The highest BCUT2D eigenvalue weighted by Gasteiger charge is 2.30. The number of nitrogens with zero attached hydrogens (tertiary/aromatic N) is 1. The molecule has 114 valence electrons. The van der Waals surface area contributed by atoms with Crippen LogP contribution in [0.4, 0.5) is 5.69 Å². The number of carbonyl (C=O) groups is 1. The van der Waals surface area contributed by atoms with Crippen molar-refractivity contribution in [3.63, 3.8) is 0 Å². The third-order valence-electron chi connectivity index (χ3n) is 2.27. The first-order valence-electron chi connectivity index (χ1n) is 6.01. The van der Waals surface area contributed by atoms with E-state index in [4.69, 9.17) is 20.7 Å². The minimum absolute atomic E-state index is 0.200. The van der Waals surface area contributed by atoms with Gasteiger partial charge in [-0.2, -0.15) is 0 Å². The van der Waals surface area contributed by atoms with Gasteiger partial charge in [0.1, 0.15) is 4.60 Å². The first kappa shape index (κ1) is 18.7. The van der Waals surface area contributed by atoms with E-state index in [1.165, 1.54) is 6.92 Å². The van der Waals surface area contributed by atoms with E-state index in [-0.39, 0.29) is 5.92 Å². The summed E-state index contributed by atoms with van der Waals surface area (Å²) in [7, 11) is 1.55. The number of ether oxygens (including phenoxy) is 1. The first-order valence-corrected chi connectivity index (χ1v) is 6.80. The summed E-state index contributed by atoms with van der Waals surface area (Å²) in [5, 5.41) is 17.6. The molecular formula is C13H21BrN2O4. The monoisotopic (exact) mass is 348 g/mol. The Balaban J connectivity index is 0.000000361. The fraction of sp³-hybridized carbons (Fsp3) is 0.538. The van der Waals surface area contributed by atoms with Gasteiger partial charge in [-0.3, -0.25) is 0 Å². The maximum absolute atomic E-state index is 10.3. The smallest absolute Gasteiger partial charge is 0.335 e. The van der Waals surface area contributed by atoms with Crippen molar-refractivity contribution in [3.05, 3.63) is 16.7 Å². The molecule has 0 amide bonds. The number of carboxylic acid groups (broad SMARTS) is 1. The Labute approximate surface area is 127 Å². The molecule has 0 aliphatic heterocycles. The van der Waals surface area contributed by atoms with Crippen LogP contribution in [0, 0.1) is 5.92 Å². The van der Waals surface area contributed by atoms with Gasteiger partial charge >= 0.3 is 5.97 Å². The summed E-state index contributed by atoms with van der Waals surface area (Å²) in [6, 6.07) is 3.37. The summed E-state index contributed by atoms with van der Waals surface area (Å²) in [5.74, 6) is -0.431. The molecule has 1 atom stereocenters. The topological polar surface area (TPSA) is 106 Å². The highest BCUT2D eigenvalue weighted by atomic mass is 79.9. The minimum atomic E-state index is -1.56. The number of nitrogens with two attached hydrogens (primary N) is 1. The largest absolute Gasteiger partial charge is 0.481 e. The van der Waals surface area contributed by atoms with E-state index in [9.17, 15) is 4.79 Å². The Morgan fingerprint density at radius 1 is 1.55 bits per heavy atom. The fourth-order valence-corrected chi connectivity index (χ4v) is 1.92. The van der Waals surface area contributed by atoms with Crippen LogP contribution < -0.4 is 10.5 Å². The summed E-state index contributed by atoms with van der Waals surface area (Å²) in [4.78, 5) is 14.3. The number of pyridine rings is 1. The van der Waals surface area contributed by atoms with Crippen LogP contribution in [-0.2, 0) is 4.79 Å². The van der Waals surface area contributed by atoms with E-state index in [0.717, 1.165) is 0 Å². The van der Waals surface area contributed by atoms with Crippen LogP contribution in [0.3, 0.4) is 0 Å². The van der Waals surface area contributed by atoms with Gasteiger partial charge in [0.25, 0.3) is 0 Å². The van der Waals surface area contributed by atoms with Crippen molar-refractivity contribution >= 4 is 27.6 Å². The highest BCUT2D eigenvalue weighted by molar-refractivity contribution is 9.10. The van der Waals surface area contributed by atoms with E-state index in [1.54, 1.807) is 19.2 Å². The number of rotatable bonds is 4. The second-order valence-electron chi connectivity index (χ2n) is 4.94. The van der Waals surface area contributed by atoms with Crippen LogP contribution in [0.25, 0.3) is 0 Å². The number of hydrogen-bond acceptors (Lipinski definition) is 5. The number of halogens is 1. The third-order valence-corrected chi connectivity index (χ3v) is 2.67. The molecule has 20 heavy (non-hydrogen) atoms. The van der Waals surface area contributed by atoms with Gasteiger partial charge in [0.15, 0.2) is 5.60 Å². The van der Waals surface area contributed by atoms with Gasteiger partial charge < -0.3 is 20.7 Å². The molecule has 1 rings (SSSR count). The Kier molecular flexibility index (Phi) is 7.52. The molecule has 6 nitrogen and oxygen atoms in total. The number of methoxy groups -OCH3 is 1. The van der Waals surface area contributed by atoms with Crippen LogP contribution in [-0.4, -0.2) is 33.9 Å². The quantitative estimate of drug-likeness (QED) is 0.721. The number of aliphatic carboxylic acids is 1. The third kappa shape index (κ3) is 7.30. The fourth-order valence-electron chi connectivity index (χ4n) is 1.48. The molecule has 1 heterocycles. The van der Waals surface area contributed by atoms with E-state index in [0.29, 0.717) is 22.6 Å². The first-order chi connectivity index (χ1) is 9.08. The molecule has 0 aliphatic carbocycles. The van der Waals surface area contributed by atoms with Crippen LogP contribution in [0.15, 0.2) is 16.7 Å². The summed E-state index contributed by atoms with van der Waals surface area (Å²) < 4.78 is 5.54. The van der Waals surface area contributed by atoms with Gasteiger partial charge in [0.2, 0.25) is 5.88 Å². The van der Waals surface area contributed by atoms with Crippen molar-refractivity contribution in [3.8, 4) is 5.88 Å². The van der Waals surface area contributed by atoms with Crippen molar-refractivity contribution in [2.75, 3.05) is 12.8 Å². The molecule has 0 fully saturated rings. The van der Waals surface area contributed by atoms with E-state index < -0.39 is 11.6 Å². The van der Waals surface area contributed by atoms with Gasteiger partial charge in [-0.05, 0) is 41.3 Å². The lowest BCUT2D eigenvalue weighted by molar-refractivity contribution is -0.158. The van der Waals surface area contributed by atoms with E-state index >= 15 is 0 Å². The lowest BCUT2D eigenvalue weighted by atomic mass is 9.95. The molecular weight excluding hydrogens is 328 g/mol. The Bertz CT molecular complexity index is 430. The van der Waals surface area contributed by atoms with Gasteiger partial charge in [0, 0.05) is 11.8 Å². The summed E-state index contributed by atoms with van der Waals surface area (Å²) >= 11 is 3.18.